The minimum atomic E-state index is -4.76. The van der Waals surface area contributed by atoms with E-state index in [1.165, 1.54) is 29.2 Å². The first-order valence-electron chi connectivity index (χ1n) is 10.6. The highest BCUT2D eigenvalue weighted by atomic mass is 35.5. The predicted octanol–water partition coefficient (Wildman–Crippen LogP) is 4.06. The monoisotopic (exact) mass is 533 g/mol. The summed E-state index contributed by atoms with van der Waals surface area (Å²) < 4.78 is 67.2. The number of amides is 2. The van der Waals surface area contributed by atoms with Crippen molar-refractivity contribution in [2.24, 2.45) is 5.92 Å². The molecule has 1 saturated heterocycles. The number of carboxylic acid groups (broad SMARTS) is 1. The topological polar surface area (TPSA) is 107 Å². The zero-order chi connectivity index (χ0) is 25.8. The second-order valence-electron chi connectivity index (χ2n) is 8.01. The Bertz CT molecular complexity index is 1170. The van der Waals surface area contributed by atoms with Crippen LogP contribution in [0.4, 0.5) is 23.7 Å². The molecule has 1 aliphatic heterocycles. The third kappa shape index (κ3) is 6.57. The number of benzene rings is 2. The lowest BCUT2D eigenvalue weighted by molar-refractivity contribution is -0.137. The third-order valence-electron chi connectivity index (χ3n) is 5.63. The molecule has 0 bridgehead atoms. The molecular weight excluding hydrogens is 511 g/mol. The Morgan fingerprint density at radius 1 is 1.11 bits per heavy atom. The van der Waals surface area contributed by atoms with Crippen LogP contribution >= 0.6 is 11.6 Å². The van der Waals surface area contributed by atoms with Gasteiger partial charge in [-0.3, -0.25) is 9.10 Å². The Kier molecular flexibility index (Phi) is 8.16. The van der Waals surface area contributed by atoms with E-state index in [-0.39, 0.29) is 22.4 Å². The van der Waals surface area contributed by atoms with Gasteiger partial charge in [0.15, 0.2) is 0 Å². The Balaban J connectivity index is 1.84. The van der Waals surface area contributed by atoms with E-state index >= 15 is 0 Å². The Morgan fingerprint density at radius 3 is 2.31 bits per heavy atom. The van der Waals surface area contributed by atoms with Crippen LogP contribution in [0.15, 0.2) is 53.4 Å². The van der Waals surface area contributed by atoms with Crippen LogP contribution in [-0.4, -0.2) is 56.6 Å². The molecule has 0 spiro atoms. The van der Waals surface area contributed by atoms with E-state index in [1.807, 2.05) is 0 Å². The summed E-state index contributed by atoms with van der Waals surface area (Å²) in [5.74, 6) is -0.760. The minimum Gasteiger partial charge on any atom is -0.465 e. The van der Waals surface area contributed by atoms with Gasteiger partial charge in [-0.25, -0.2) is 13.2 Å². The number of sulfonamides is 1. The highest BCUT2D eigenvalue weighted by Crippen LogP contribution is 2.37. The van der Waals surface area contributed by atoms with Gasteiger partial charge in [0.05, 0.1) is 21.2 Å². The Hall–Kier alpha value is -2.99. The number of halogens is 4. The first kappa shape index (κ1) is 26.6. The van der Waals surface area contributed by atoms with Gasteiger partial charge < -0.3 is 15.3 Å². The van der Waals surface area contributed by atoms with Crippen LogP contribution in [0.2, 0.25) is 5.02 Å². The molecule has 1 heterocycles. The number of piperidine rings is 1. The van der Waals surface area contributed by atoms with Gasteiger partial charge in [-0.2, -0.15) is 13.2 Å². The molecule has 0 aliphatic carbocycles. The van der Waals surface area contributed by atoms with Gasteiger partial charge in [0, 0.05) is 19.6 Å². The molecule has 35 heavy (non-hydrogen) atoms. The summed E-state index contributed by atoms with van der Waals surface area (Å²) in [6.45, 7) is -0.0114. The quantitative estimate of drug-likeness (QED) is 0.558. The van der Waals surface area contributed by atoms with E-state index in [4.69, 9.17) is 16.7 Å². The first-order valence-corrected chi connectivity index (χ1v) is 12.4. The van der Waals surface area contributed by atoms with Crippen LogP contribution in [0.3, 0.4) is 0 Å². The van der Waals surface area contributed by atoms with E-state index in [9.17, 15) is 31.2 Å². The smallest absolute Gasteiger partial charge is 0.416 e. The maximum absolute atomic E-state index is 13.3. The molecule has 8 nitrogen and oxygen atoms in total. The normalized spacial score (nSPS) is 15.0. The highest BCUT2D eigenvalue weighted by molar-refractivity contribution is 7.92. The average Bonchev–Trinajstić information content (AvgIpc) is 2.81. The van der Waals surface area contributed by atoms with Crippen molar-refractivity contribution in [3.63, 3.8) is 0 Å². The zero-order valence-corrected chi connectivity index (χ0v) is 19.9. The number of carbonyl (C=O) groups is 2. The number of alkyl halides is 3. The Morgan fingerprint density at radius 2 is 1.74 bits per heavy atom. The summed E-state index contributed by atoms with van der Waals surface area (Å²) in [6, 6.07) is 9.24. The zero-order valence-electron chi connectivity index (χ0n) is 18.3. The second-order valence-corrected chi connectivity index (χ2v) is 10.3. The number of anilines is 1. The molecule has 2 aromatic rings. The second kappa shape index (κ2) is 10.7. The number of hydrogen-bond acceptors (Lipinski definition) is 4. The van der Waals surface area contributed by atoms with E-state index in [1.54, 1.807) is 6.07 Å². The van der Waals surface area contributed by atoms with E-state index in [0.29, 0.717) is 36.3 Å². The van der Waals surface area contributed by atoms with Crippen molar-refractivity contribution < 1.29 is 36.3 Å². The lowest BCUT2D eigenvalue weighted by Crippen LogP contribution is -2.44. The van der Waals surface area contributed by atoms with Crippen LogP contribution in [0.25, 0.3) is 0 Å². The third-order valence-corrected chi connectivity index (χ3v) is 7.73. The molecule has 0 aromatic heterocycles. The molecule has 0 atom stereocenters. The van der Waals surface area contributed by atoms with Gasteiger partial charge in [-0.15, -0.1) is 0 Å². The molecular formula is C22H23ClF3N3O5S. The predicted molar refractivity (Wildman–Crippen MR) is 123 cm³/mol. The van der Waals surface area contributed by atoms with Gasteiger partial charge in [0.1, 0.15) is 6.54 Å². The SMILES string of the molecule is O=C(CN(c1cc(C(F)(F)F)ccc1Cl)S(=O)(=O)c1ccccc1)NCC1CCN(C(=O)O)CC1. The summed E-state index contributed by atoms with van der Waals surface area (Å²) in [7, 11) is -4.45. The number of nitrogens with zero attached hydrogens (tertiary/aromatic N) is 2. The van der Waals surface area contributed by atoms with Gasteiger partial charge in [0.25, 0.3) is 10.0 Å². The minimum absolute atomic E-state index is 0.0223. The fraction of sp³-hybridized carbons (Fsp3) is 0.364. The molecule has 2 N–H and O–H groups in total. The van der Waals surface area contributed by atoms with Crippen LogP contribution in [0.1, 0.15) is 18.4 Å². The molecule has 13 heteroatoms. The summed E-state index contributed by atoms with van der Waals surface area (Å²) in [6.07, 6.45) is -4.75. The van der Waals surface area contributed by atoms with Gasteiger partial charge in [-0.1, -0.05) is 29.8 Å². The van der Waals surface area contributed by atoms with Crippen molar-refractivity contribution in [2.75, 3.05) is 30.5 Å². The fourth-order valence-electron chi connectivity index (χ4n) is 3.67. The van der Waals surface area contributed by atoms with Crippen molar-refractivity contribution in [1.29, 1.82) is 0 Å². The number of carbonyl (C=O) groups excluding carboxylic acids is 1. The summed E-state index contributed by atoms with van der Waals surface area (Å²) in [5.41, 5.74) is -1.59. The van der Waals surface area contributed by atoms with Gasteiger partial charge in [0.2, 0.25) is 5.91 Å². The van der Waals surface area contributed by atoms with Crippen molar-refractivity contribution in [3.8, 4) is 0 Å². The number of rotatable bonds is 7. The van der Waals surface area contributed by atoms with E-state index in [0.717, 1.165) is 12.1 Å². The van der Waals surface area contributed by atoms with Gasteiger partial charge >= 0.3 is 12.3 Å². The lowest BCUT2D eigenvalue weighted by Gasteiger charge is -2.30. The van der Waals surface area contributed by atoms with E-state index in [2.05, 4.69) is 5.32 Å². The largest absolute Gasteiger partial charge is 0.465 e. The number of likely N-dealkylation sites (tertiary alicyclic amines) is 1. The fourth-order valence-corrected chi connectivity index (χ4v) is 5.39. The molecule has 0 saturated carbocycles. The van der Waals surface area contributed by atoms with Crippen LogP contribution in [0, 0.1) is 5.92 Å². The molecule has 2 aromatic carbocycles. The summed E-state index contributed by atoms with van der Waals surface area (Å²) >= 11 is 6.10. The molecule has 0 radical (unpaired) electrons. The lowest BCUT2D eigenvalue weighted by atomic mass is 9.97. The standard InChI is InChI=1S/C22H23ClF3N3O5S/c23-18-7-6-16(22(24,25)26)12-19(18)29(35(33,34)17-4-2-1-3-5-17)14-20(30)27-13-15-8-10-28(11-9-15)21(31)32/h1-7,12,15H,8-11,13-14H2,(H,27,30)(H,31,32). The first-order chi connectivity index (χ1) is 16.4. The maximum atomic E-state index is 13.3. The Labute approximate surface area is 205 Å². The maximum Gasteiger partial charge on any atom is 0.416 e. The number of nitrogens with one attached hydrogen (secondary N) is 1. The van der Waals surface area contributed by atoms with Crippen molar-refractivity contribution in [3.05, 3.63) is 59.1 Å². The highest BCUT2D eigenvalue weighted by Gasteiger charge is 2.34. The van der Waals surface area contributed by atoms with Crippen LogP contribution in [-0.2, 0) is 21.0 Å². The van der Waals surface area contributed by atoms with E-state index < -0.39 is 46.0 Å². The molecule has 1 aliphatic rings. The molecule has 3 rings (SSSR count). The molecule has 2 amide bonds. The van der Waals surface area contributed by atoms with Crippen molar-refractivity contribution >= 4 is 39.3 Å². The van der Waals surface area contributed by atoms with Crippen molar-refractivity contribution in [1.82, 2.24) is 10.2 Å². The molecule has 1 fully saturated rings. The average molecular weight is 534 g/mol. The molecule has 0 unspecified atom stereocenters. The van der Waals surface area contributed by atoms with Crippen LogP contribution in [0.5, 0.6) is 0 Å². The molecule has 190 valence electrons. The van der Waals surface area contributed by atoms with Crippen LogP contribution < -0.4 is 9.62 Å². The van der Waals surface area contributed by atoms with Crippen molar-refractivity contribution in [2.45, 2.75) is 23.9 Å². The summed E-state index contributed by atoms with van der Waals surface area (Å²) in [4.78, 5) is 24.8. The van der Waals surface area contributed by atoms with Gasteiger partial charge in [-0.05, 0) is 49.1 Å². The summed E-state index contributed by atoms with van der Waals surface area (Å²) in [5, 5.41) is 11.4. The number of hydrogen-bond donors (Lipinski definition) is 2.